The zero-order valence-electron chi connectivity index (χ0n) is 19.5. The molecule has 3 aromatic heterocycles. The number of likely N-dealkylation sites (N-methyl/N-ethyl adjacent to an activating group) is 1. The highest BCUT2D eigenvalue weighted by atomic mass is 16.3. The number of rotatable bonds is 8. The number of carbonyl (C=O) groups is 1. The molecule has 1 aliphatic rings. The number of amides is 1. The minimum atomic E-state index is -0.276. The van der Waals surface area contributed by atoms with Crippen LogP contribution in [0.15, 0.2) is 58.6 Å². The van der Waals surface area contributed by atoms with Gasteiger partial charge in [0.05, 0.1) is 17.4 Å². The molecule has 1 unspecified atom stereocenters. The van der Waals surface area contributed by atoms with Crippen molar-refractivity contribution in [3.05, 3.63) is 70.7 Å². The van der Waals surface area contributed by atoms with Gasteiger partial charge in [-0.15, -0.1) is 0 Å². The van der Waals surface area contributed by atoms with Crippen LogP contribution in [0.2, 0.25) is 0 Å². The molecule has 1 atom stereocenters. The van der Waals surface area contributed by atoms with E-state index in [2.05, 4.69) is 30.8 Å². The fourth-order valence-corrected chi connectivity index (χ4v) is 4.22. The Morgan fingerprint density at radius 3 is 2.80 bits per heavy atom. The van der Waals surface area contributed by atoms with Gasteiger partial charge in [0.15, 0.2) is 17.2 Å². The molecule has 0 saturated carbocycles. The second-order valence-electron chi connectivity index (χ2n) is 8.73. The van der Waals surface area contributed by atoms with Crippen molar-refractivity contribution in [2.24, 2.45) is 5.18 Å². The minimum Gasteiger partial charge on any atom is -0.449 e. The molecule has 0 bridgehead atoms. The SMILES string of the molecule is CN(C)CCNC(=O)c1cnc(-c2oc3cnccc3c2Nc2ccc3c(c2)CCC3N=O)nc1. The molecule has 3 heterocycles. The predicted octanol–water partition coefficient (Wildman–Crippen LogP) is 4.07. The number of nitrogens with one attached hydrogen (secondary N) is 2. The van der Waals surface area contributed by atoms with Crippen molar-refractivity contribution in [3.63, 3.8) is 0 Å². The number of benzene rings is 1. The lowest BCUT2D eigenvalue weighted by Gasteiger charge is -2.11. The number of nitrogens with zero attached hydrogens (tertiary/aromatic N) is 5. The molecule has 1 aliphatic carbocycles. The summed E-state index contributed by atoms with van der Waals surface area (Å²) in [7, 11) is 3.89. The summed E-state index contributed by atoms with van der Waals surface area (Å²) in [6.45, 7) is 1.27. The number of furan rings is 1. The lowest BCUT2D eigenvalue weighted by atomic mass is 10.1. The Labute approximate surface area is 201 Å². The third-order valence-electron chi connectivity index (χ3n) is 6.04. The van der Waals surface area contributed by atoms with Crippen LogP contribution in [-0.4, -0.2) is 52.9 Å². The van der Waals surface area contributed by atoms with Gasteiger partial charge in [0, 0.05) is 42.8 Å². The van der Waals surface area contributed by atoms with Crippen LogP contribution in [0.25, 0.3) is 22.6 Å². The van der Waals surface area contributed by atoms with E-state index in [1.165, 1.54) is 12.4 Å². The van der Waals surface area contributed by atoms with E-state index < -0.39 is 0 Å². The topological polar surface area (TPSA) is 126 Å². The molecule has 4 aromatic rings. The number of anilines is 2. The molecule has 10 nitrogen and oxygen atoms in total. The van der Waals surface area contributed by atoms with Gasteiger partial charge in [-0.2, -0.15) is 4.91 Å². The molecule has 0 aliphatic heterocycles. The quantitative estimate of drug-likeness (QED) is 0.368. The highest BCUT2D eigenvalue weighted by molar-refractivity contribution is 5.99. The number of aromatic nitrogens is 3. The summed E-state index contributed by atoms with van der Waals surface area (Å²) in [6.07, 6.45) is 7.86. The van der Waals surface area contributed by atoms with Crippen LogP contribution in [0, 0.1) is 4.91 Å². The normalized spacial score (nSPS) is 14.8. The van der Waals surface area contributed by atoms with Crippen LogP contribution in [0.1, 0.15) is 33.9 Å². The van der Waals surface area contributed by atoms with Crippen LogP contribution < -0.4 is 10.6 Å². The number of fused-ring (bicyclic) bond motifs is 2. The summed E-state index contributed by atoms with van der Waals surface area (Å²) in [4.78, 5) is 38.4. The molecule has 0 fully saturated rings. The van der Waals surface area contributed by atoms with Gasteiger partial charge in [-0.1, -0.05) is 11.2 Å². The largest absolute Gasteiger partial charge is 0.449 e. The fraction of sp³-hybridized carbons (Fsp3) is 0.280. The average molecular weight is 472 g/mol. The molecule has 10 heteroatoms. The van der Waals surface area contributed by atoms with Gasteiger partial charge in [-0.3, -0.25) is 9.78 Å². The van der Waals surface area contributed by atoms with Crippen molar-refractivity contribution in [2.45, 2.75) is 18.9 Å². The molecule has 2 N–H and O–H groups in total. The number of carbonyl (C=O) groups excluding carboxylic acids is 1. The fourth-order valence-electron chi connectivity index (χ4n) is 4.22. The molecule has 5 rings (SSSR count). The summed E-state index contributed by atoms with van der Waals surface area (Å²) in [5, 5.41) is 10.4. The Morgan fingerprint density at radius 2 is 2.03 bits per heavy atom. The van der Waals surface area contributed by atoms with E-state index in [9.17, 15) is 9.70 Å². The summed E-state index contributed by atoms with van der Waals surface area (Å²) >= 11 is 0. The van der Waals surface area contributed by atoms with E-state index in [-0.39, 0.29) is 11.9 Å². The molecule has 35 heavy (non-hydrogen) atoms. The van der Waals surface area contributed by atoms with E-state index in [0.717, 1.165) is 41.6 Å². The standard InChI is InChI=1S/C25H25N7O3/c1-32(2)10-9-27-25(33)16-12-28-24(29-13-16)23-22(19-7-8-26-14-21(19)35-23)30-17-4-5-18-15(11-17)3-6-20(18)31-34/h4-5,7-8,11-14,20,30H,3,6,9-10H2,1-2H3,(H,27,33). The highest BCUT2D eigenvalue weighted by Crippen LogP contribution is 2.40. The minimum absolute atomic E-state index is 0.230. The van der Waals surface area contributed by atoms with E-state index in [1.54, 1.807) is 12.4 Å². The Kier molecular flexibility index (Phi) is 6.19. The molecular weight excluding hydrogens is 446 g/mol. The molecule has 1 aromatic carbocycles. The van der Waals surface area contributed by atoms with Crippen molar-refractivity contribution >= 4 is 28.3 Å². The van der Waals surface area contributed by atoms with Gasteiger partial charge >= 0.3 is 0 Å². The highest BCUT2D eigenvalue weighted by Gasteiger charge is 2.24. The Bertz CT molecular complexity index is 1380. The van der Waals surface area contributed by atoms with E-state index >= 15 is 0 Å². The summed E-state index contributed by atoms with van der Waals surface area (Å²) in [5.74, 6) is 0.562. The number of hydrogen-bond donors (Lipinski definition) is 2. The van der Waals surface area contributed by atoms with Crippen LogP contribution in [0.4, 0.5) is 11.4 Å². The summed E-state index contributed by atoms with van der Waals surface area (Å²) < 4.78 is 6.06. The van der Waals surface area contributed by atoms with Crippen LogP contribution in [0.5, 0.6) is 0 Å². The van der Waals surface area contributed by atoms with Gasteiger partial charge in [0.2, 0.25) is 0 Å². The Balaban J connectivity index is 1.44. The Morgan fingerprint density at radius 1 is 1.20 bits per heavy atom. The zero-order chi connectivity index (χ0) is 24.4. The molecule has 0 saturated heterocycles. The zero-order valence-corrected chi connectivity index (χ0v) is 19.5. The second-order valence-corrected chi connectivity index (χ2v) is 8.73. The van der Waals surface area contributed by atoms with Crippen molar-refractivity contribution in [3.8, 4) is 11.6 Å². The van der Waals surface area contributed by atoms with Gasteiger partial charge in [0.25, 0.3) is 5.91 Å². The summed E-state index contributed by atoms with van der Waals surface area (Å²) in [5.41, 5.74) is 4.61. The molecular formula is C25H25N7O3. The monoisotopic (exact) mass is 471 g/mol. The van der Waals surface area contributed by atoms with Crippen LogP contribution in [0.3, 0.4) is 0 Å². The summed E-state index contributed by atoms with van der Waals surface area (Å²) in [6, 6.07) is 7.49. The third-order valence-corrected chi connectivity index (χ3v) is 6.04. The number of aryl methyl sites for hydroxylation is 1. The predicted molar refractivity (Wildman–Crippen MR) is 133 cm³/mol. The first-order valence-electron chi connectivity index (χ1n) is 11.4. The molecule has 1 amide bonds. The molecule has 178 valence electrons. The maximum atomic E-state index is 12.4. The van der Waals surface area contributed by atoms with E-state index in [0.29, 0.717) is 35.0 Å². The molecule has 0 spiro atoms. The van der Waals surface area contributed by atoms with Gasteiger partial charge in [-0.05, 0) is 56.3 Å². The average Bonchev–Trinajstić information content (AvgIpc) is 3.45. The van der Waals surface area contributed by atoms with E-state index in [1.807, 2.05) is 43.3 Å². The first-order valence-corrected chi connectivity index (χ1v) is 11.4. The molecule has 0 radical (unpaired) electrons. The van der Waals surface area contributed by atoms with Crippen molar-refractivity contribution < 1.29 is 9.21 Å². The van der Waals surface area contributed by atoms with Crippen LogP contribution >= 0.6 is 0 Å². The first-order chi connectivity index (χ1) is 17.0. The number of pyridine rings is 1. The number of hydrogen-bond acceptors (Lipinski definition) is 9. The lowest BCUT2D eigenvalue weighted by molar-refractivity contribution is 0.0950. The van der Waals surface area contributed by atoms with Crippen molar-refractivity contribution in [1.82, 2.24) is 25.2 Å². The van der Waals surface area contributed by atoms with Gasteiger partial charge in [0.1, 0.15) is 6.04 Å². The van der Waals surface area contributed by atoms with Crippen molar-refractivity contribution in [1.29, 1.82) is 0 Å². The number of nitroso groups, excluding NO2 is 1. The Hall–Kier alpha value is -4.18. The first kappa shape index (κ1) is 22.6. The lowest BCUT2D eigenvalue weighted by Crippen LogP contribution is -2.31. The smallest absolute Gasteiger partial charge is 0.254 e. The second kappa shape index (κ2) is 9.59. The maximum absolute atomic E-state index is 12.4. The van der Waals surface area contributed by atoms with Gasteiger partial charge < -0.3 is 20.0 Å². The van der Waals surface area contributed by atoms with E-state index in [4.69, 9.17) is 4.42 Å². The van der Waals surface area contributed by atoms with Gasteiger partial charge in [-0.25, -0.2) is 9.97 Å². The van der Waals surface area contributed by atoms with Crippen molar-refractivity contribution in [2.75, 3.05) is 32.5 Å². The maximum Gasteiger partial charge on any atom is 0.254 e. The third kappa shape index (κ3) is 4.60. The van der Waals surface area contributed by atoms with Crippen LogP contribution in [-0.2, 0) is 6.42 Å².